The van der Waals surface area contributed by atoms with Gasteiger partial charge in [-0.05, 0) is 6.92 Å². The average Bonchev–Trinajstić information content (AvgIpc) is 2.75. The standard InChI is InChI=1S/C9H12N4O2/c1-2-13-5-6(4-10-13)11-7-3-8(14)12-9(7)15/h4-5,7,11H,2-3H2,1H3,(H,12,14,15). The third kappa shape index (κ3) is 1.98. The normalized spacial score (nSPS) is 20.5. The molecule has 1 atom stereocenters. The van der Waals surface area contributed by atoms with Crippen molar-refractivity contribution in [1.82, 2.24) is 15.1 Å². The summed E-state index contributed by atoms with van der Waals surface area (Å²) in [6.45, 7) is 2.75. The highest BCUT2D eigenvalue weighted by atomic mass is 16.2. The number of hydrogen-bond donors (Lipinski definition) is 2. The van der Waals surface area contributed by atoms with E-state index in [1.54, 1.807) is 17.1 Å². The number of carbonyl (C=O) groups excluding carboxylic acids is 2. The number of imide groups is 1. The topological polar surface area (TPSA) is 76.0 Å². The van der Waals surface area contributed by atoms with Gasteiger partial charge in [0.2, 0.25) is 11.8 Å². The first kappa shape index (κ1) is 9.70. The number of rotatable bonds is 3. The van der Waals surface area contributed by atoms with E-state index in [1.165, 1.54) is 0 Å². The average molecular weight is 208 g/mol. The van der Waals surface area contributed by atoms with Crippen molar-refractivity contribution in [1.29, 1.82) is 0 Å². The molecule has 0 aromatic carbocycles. The van der Waals surface area contributed by atoms with Gasteiger partial charge in [0.25, 0.3) is 0 Å². The van der Waals surface area contributed by atoms with Gasteiger partial charge in [-0.15, -0.1) is 0 Å². The maximum atomic E-state index is 11.2. The largest absolute Gasteiger partial charge is 0.371 e. The van der Waals surface area contributed by atoms with E-state index in [9.17, 15) is 9.59 Å². The van der Waals surface area contributed by atoms with Crippen LogP contribution < -0.4 is 10.6 Å². The van der Waals surface area contributed by atoms with Gasteiger partial charge in [-0.3, -0.25) is 19.6 Å². The number of nitrogens with one attached hydrogen (secondary N) is 2. The zero-order valence-corrected chi connectivity index (χ0v) is 8.36. The number of nitrogens with zero attached hydrogens (tertiary/aromatic N) is 2. The molecule has 2 N–H and O–H groups in total. The first-order valence-corrected chi connectivity index (χ1v) is 4.81. The van der Waals surface area contributed by atoms with Gasteiger partial charge in [0.1, 0.15) is 6.04 Å². The minimum atomic E-state index is -0.466. The molecule has 0 spiro atoms. The van der Waals surface area contributed by atoms with Gasteiger partial charge in [-0.25, -0.2) is 0 Å². The predicted octanol–water partition coefficient (Wildman–Crippen LogP) is -0.270. The van der Waals surface area contributed by atoms with Crippen LogP contribution in [0.1, 0.15) is 13.3 Å². The van der Waals surface area contributed by atoms with Crippen molar-refractivity contribution in [2.24, 2.45) is 0 Å². The number of anilines is 1. The smallest absolute Gasteiger partial charge is 0.249 e. The van der Waals surface area contributed by atoms with E-state index >= 15 is 0 Å². The molecular weight excluding hydrogens is 196 g/mol. The summed E-state index contributed by atoms with van der Waals surface area (Å²) in [5.74, 6) is -0.510. The number of aromatic nitrogens is 2. The van der Waals surface area contributed by atoms with Crippen LogP contribution in [0.3, 0.4) is 0 Å². The van der Waals surface area contributed by atoms with E-state index in [1.807, 2.05) is 6.92 Å². The van der Waals surface area contributed by atoms with Gasteiger partial charge < -0.3 is 5.32 Å². The fourth-order valence-corrected chi connectivity index (χ4v) is 1.48. The molecule has 0 aliphatic carbocycles. The summed E-state index contributed by atoms with van der Waals surface area (Å²) in [5.41, 5.74) is 0.756. The molecule has 2 heterocycles. The molecule has 1 aromatic heterocycles. The van der Waals surface area contributed by atoms with Crippen LogP contribution >= 0.6 is 0 Å². The lowest BCUT2D eigenvalue weighted by Gasteiger charge is -2.07. The molecule has 1 aliphatic rings. The Hall–Kier alpha value is -1.85. The van der Waals surface area contributed by atoms with Crippen LogP contribution in [-0.4, -0.2) is 27.6 Å². The van der Waals surface area contributed by atoms with Crippen LogP contribution in [0.4, 0.5) is 5.69 Å². The molecule has 80 valence electrons. The maximum Gasteiger partial charge on any atom is 0.249 e. The monoisotopic (exact) mass is 208 g/mol. The molecule has 0 radical (unpaired) electrons. The van der Waals surface area contributed by atoms with Crippen molar-refractivity contribution < 1.29 is 9.59 Å². The Labute approximate surface area is 86.6 Å². The van der Waals surface area contributed by atoms with Crippen molar-refractivity contribution in [3.63, 3.8) is 0 Å². The highest BCUT2D eigenvalue weighted by molar-refractivity contribution is 6.06. The third-order valence-corrected chi connectivity index (χ3v) is 2.27. The van der Waals surface area contributed by atoms with Gasteiger partial charge in [-0.2, -0.15) is 5.10 Å². The van der Waals surface area contributed by atoms with Crippen molar-refractivity contribution in [3.8, 4) is 0 Å². The first-order chi connectivity index (χ1) is 7.19. The van der Waals surface area contributed by atoms with E-state index in [0.29, 0.717) is 0 Å². The Morgan fingerprint density at radius 3 is 3.00 bits per heavy atom. The fourth-order valence-electron chi connectivity index (χ4n) is 1.48. The lowest BCUT2D eigenvalue weighted by Crippen LogP contribution is -2.29. The minimum Gasteiger partial charge on any atom is -0.371 e. The van der Waals surface area contributed by atoms with Crippen molar-refractivity contribution in [3.05, 3.63) is 12.4 Å². The molecular formula is C9H12N4O2. The van der Waals surface area contributed by atoms with Crippen LogP contribution in [0.5, 0.6) is 0 Å². The summed E-state index contributed by atoms with van der Waals surface area (Å²) in [5, 5.41) is 9.26. The number of amides is 2. The Bertz CT molecular complexity index is 399. The van der Waals surface area contributed by atoms with Gasteiger partial charge in [0.15, 0.2) is 0 Å². The third-order valence-electron chi connectivity index (χ3n) is 2.27. The molecule has 1 aliphatic heterocycles. The summed E-state index contributed by atoms with van der Waals surface area (Å²) in [6, 6.07) is -0.466. The zero-order valence-electron chi connectivity index (χ0n) is 8.36. The number of carbonyl (C=O) groups is 2. The Balaban J connectivity index is 2.02. The Morgan fingerprint density at radius 2 is 2.47 bits per heavy atom. The zero-order chi connectivity index (χ0) is 10.8. The fraction of sp³-hybridized carbons (Fsp3) is 0.444. The van der Waals surface area contributed by atoms with E-state index in [0.717, 1.165) is 12.2 Å². The molecule has 0 saturated carbocycles. The van der Waals surface area contributed by atoms with Crippen LogP contribution in [0, 0.1) is 0 Å². The van der Waals surface area contributed by atoms with E-state index in [4.69, 9.17) is 0 Å². The molecule has 1 fully saturated rings. The summed E-state index contributed by atoms with van der Waals surface area (Å²) in [7, 11) is 0. The van der Waals surface area contributed by atoms with Gasteiger partial charge >= 0.3 is 0 Å². The maximum absolute atomic E-state index is 11.2. The molecule has 0 bridgehead atoms. The van der Waals surface area contributed by atoms with E-state index in [-0.39, 0.29) is 18.2 Å². The highest BCUT2D eigenvalue weighted by Crippen LogP contribution is 2.11. The van der Waals surface area contributed by atoms with E-state index in [2.05, 4.69) is 15.7 Å². The summed E-state index contributed by atoms with van der Waals surface area (Å²) in [6.07, 6.45) is 3.63. The summed E-state index contributed by atoms with van der Waals surface area (Å²) in [4.78, 5) is 22.2. The predicted molar refractivity (Wildman–Crippen MR) is 53.1 cm³/mol. The molecule has 1 aromatic rings. The summed E-state index contributed by atoms with van der Waals surface area (Å²) >= 11 is 0. The van der Waals surface area contributed by atoms with Gasteiger partial charge in [0.05, 0.1) is 18.3 Å². The quantitative estimate of drug-likeness (QED) is 0.670. The molecule has 6 nitrogen and oxygen atoms in total. The SMILES string of the molecule is CCn1cc(NC2CC(=O)NC2=O)cn1. The van der Waals surface area contributed by atoms with E-state index < -0.39 is 6.04 Å². The van der Waals surface area contributed by atoms with Crippen LogP contribution in [-0.2, 0) is 16.1 Å². The molecule has 15 heavy (non-hydrogen) atoms. The van der Waals surface area contributed by atoms with Crippen molar-refractivity contribution in [2.75, 3.05) is 5.32 Å². The Morgan fingerprint density at radius 1 is 1.67 bits per heavy atom. The van der Waals surface area contributed by atoms with Crippen molar-refractivity contribution >= 4 is 17.5 Å². The molecule has 2 rings (SSSR count). The molecule has 6 heteroatoms. The second kappa shape index (κ2) is 3.72. The lowest BCUT2D eigenvalue weighted by molar-refractivity contribution is -0.124. The van der Waals surface area contributed by atoms with Gasteiger partial charge in [0, 0.05) is 12.7 Å². The first-order valence-electron chi connectivity index (χ1n) is 4.81. The number of aryl methyl sites for hydroxylation is 1. The molecule has 1 unspecified atom stereocenters. The second-order valence-electron chi connectivity index (χ2n) is 3.40. The molecule has 1 saturated heterocycles. The van der Waals surface area contributed by atoms with Crippen LogP contribution in [0.25, 0.3) is 0 Å². The lowest BCUT2D eigenvalue weighted by atomic mass is 10.2. The number of hydrogen-bond acceptors (Lipinski definition) is 4. The van der Waals surface area contributed by atoms with Crippen LogP contribution in [0.2, 0.25) is 0 Å². The van der Waals surface area contributed by atoms with Gasteiger partial charge in [-0.1, -0.05) is 0 Å². The molecule has 2 amide bonds. The highest BCUT2D eigenvalue weighted by Gasteiger charge is 2.30. The minimum absolute atomic E-state index is 0.191. The Kier molecular flexibility index (Phi) is 2.40. The second-order valence-corrected chi connectivity index (χ2v) is 3.40. The summed E-state index contributed by atoms with van der Waals surface area (Å²) < 4.78 is 1.75. The van der Waals surface area contributed by atoms with Crippen LogP contribution in [0.15, 0.2) is 12.4 Å². The van der Waals surface area contributed by atoms with Crippen molar-refractivity contribution in [2.45, 2.75) is 25.9 Å².